The van der Waals surface area contributed by atoms with E-state index in [9.17, 15) is 4.79 Å². The van der Waals surface area contributed by atoms with Gasteiger partial charge in [-0.3, -0.25) is 9.69 Å². The molecule has 0 atom stereocenters. The van der Waals surface area contributed by atoms with E-state index in [2.05, 4.69) is 38.2 Å². The Bertz CT molecular complexity index is 1330. The maximum atomic E-state index is 12.1. The molecule has 7 nitrogen and oxygen atoms in total. The minimum Gasteiger partial charge on any atom is -0.481 e. The standard InChI is InChI=1S/C25H23N5O2/c1-30(2)11-5-8-23(31)29-20-7-4-6-17(12-20)19-13-21-22(16-28-25(21)27-15-19)18-9-10-26-24(14-18)32-3/h4,6-7,9-10,12-16H,11H2,1-3H3,(H,27,28)(H,29,31). The van der Waals surface area contributed by atoms with Gasteiger partial charge in [0.25, 0.3) is 5.91 Å². The highest BCUT2D eigenvalue weighted by Gasteiger charge is 2.11. The average molecular weight is 425 g/mol. The Morgan fingerprint density at radius 2 is 2.00 bits per heavy atom. The van der Waals surface area contributed by atoms with Gasteiger partial charge >= 0.3 is 0 Å². The zero-order valence-electron chi connectivity index (χ0n) is 18.1. The van der Waals surface area contributed by atoms with E-state index in [4.69, 9.17) is 4.74 Å². The lowest BCUT2D eigenvalue weighted by atomic mass is 10.0. The molecule has 4 aromatic rings. The van der Waals surface area contributed by atoms with Crippen molar-refractivity contribution in [2.45, 2.75) is 0 Å². The number of nitrogens with one attached hydrogen (secondary N) is 2. The molecule has 0 radical (unpaired) electrons. The van der Waals surface area contributed by atoms with Crippen molar-refractivity contribution < 1.29 is 9.53 Å². The van der Waals surface area contributed by atoms with Gasteiger partial charge in [-0.1, -0.05) is 18.1 Å². The van der Waals surface area contributed by atoms with Gasteiger partial charge in [-0.15, -0.1) is 0 Å². The fourth-order valence-electron chi connectivity index (χ4n) is 3.31. The van der Waals surface area contributed by atoms with Gasteiger partial charge in [0.2, 0.25) is 5.88 Å². The number of methoxy groups -OCH3 is 1. The number of fused-ring (bicyclic) bond motifs is 1. The van der Waals surface area contributed by atoms with Crippen molar-refractivity contribution in [3.8, 4) is 40.0 Å². The number of carbonyl (C=O) groups is 1. The number of hydrogen-bond donors (Lipinski definition) is 2. The quantitative estimate of drug-likeness (QED) is 0.475. The Balaban J connectivity index is 1.63. The average Bonchev–Trinajstić information content (AvgIpc) is 3.22. The fraction of sp³-hybridized carbons (Fsp3) is 0.160. The Hall–Kier alpha value is -4.15. The van der Waals surface area contributed by atoms with E-state index in [0.717, 1.165) is 33.3 Å². The number of H-pyrrole nitrogens is 1. The molecular formula is C25H23N5O2. The molecule has 3 heterocycles. The van der Waals surface area contributed by atoms with Crippen LogP contribution >= 0.6 is 0 Å². The Morgan fingerprint density at radius 1 is 1.12 bits per heavy atom. The van der Waals surface area contributed by atoms with E-state index < -0.39 is 0 Å². The van der Waals surface area contributed by atoms with Crippen LogP contribution in [0.3, 0.4) is 0 Å². The molecule has 0 aliphatic heterocycles. The summed E-state index contributed by atoms with van der Waals surface area (Å²) in [5.74, 6) is 5.66. The summed E-state index contributed by atoms with van der Waals surface area (Å²) in [4.78, 5) is 26.0. The molecule has 1 aromatic carbocycles. The summed E-state index contributed by atoms with van der Waals surface area (Å²) in [7, 11) is 5.41. The van der Waals surface area contributed by atoms with Gasteiger partial charge in [0.05, 0.1) is 13.7 Å². The highest BCUT2D eigenvalue weighted by Crippen LogP contribution is 2.32. The first-order valence-electron chi connectivity index (χ1n) is 10.1. The lowest BCUT2D eigenvalue weighted by Crippen LogP contribution is -2.13. The van der Waals surface area contributed by atoms with E-state index in [0.29, 0.717) is 18.1 Å². The smallest absolute Gasteiger partial charge is 0.300 e. The van der Waals surface area contributed by atoms with Crippen molar-refractivity contribution in [2.75, 3.05) is 33.1 Å². The van der Waals surface area contributed by atoms with Crippen molar-refractivity contribution >= 4 is 22.6 Å². The summed E-state index contributed by atoms with van der Waals surface area (Å²) in [5, 5.41) is 3.82. The molecule has 3 aromatic heterocycles. The zero-order chi connectivity index (χ0) is 22.5. The van der Waals surface area contributed by atoms with Crippen molar-refractivity contribution in [2.24, 2.45) is 0 Å². The number of rotatable bonds is 5. The molecule has 0 saturated heterocycles. The molecule has 0 spiro atoms. The van der Waals surface area contributed by atoms with Crippen LogP contribution in [0.25, 0.3) is 33.3 Å². The van der Waals surface area contributed by atoms with Crippen LogP contribution in [-0.4, -0.2) is 53.5 Å². The summed E-state index contributed by atoms with van der Waals surface area (Å²) < 4.78 is 5.26. The number of anilines is 1. The van der Waals surface area contributed by atoms with Gasteiger partial charge < -0.3 is 15.0 Å². The van der Waals surface area contributed by atoms with Gasteiger partial charge in [0.1, 0.15) is 5.65 Å². The minimum absolute atomic E-state index is 0.336. The first kappa shape index (κ1) is 21.1. The van der Waals surface area contributed by atoms with Crippen molar-refractivity contribution in [3.05, 3.63) is 61.1 Å². The van der Waals surface area contributed by atoms with Gasteiger partial charge in [0.15, 0.2) is 0 Å². The van der Waals surface area contributed by atoms with Gasteiger partial charge in [-0.2, -0.15) is 0 Å². The number of benzene rings is 1. The number of aromatic nitrogens is 3. The van der Waals surface area contributed by atoms with Crippen LogP contribution in [0.15, 0.2) is 61.1 Å². The maximum absolute atomic E-state index is 12.1. The number of nitrogens with zero attached hydrogens (tertiary/aromatic N) is 3. The number of carbonyl (C=O) groups excluding carboxylic acids is 1. The van der Waals surface area contributed by atoms with Crippen LogP contribution in [0.5, 0.6) is 5.88 Å². The molecule has 32 heavy (non-hydrogen) atoms. The molecule has 160 valence electrons. The highest BCUT2D eigenvalue weighted by molar-refractivity contribution is 6.04. The first-order chi connectivity index (χ1) is 15.5. The molecular weight excluding hydrogens is 402 g/mol. The number of aromatic amines is 1. The van der Waals surface area contributed by atoms with E-state index in [1.807, 2.05) is 67.8 Å². The predicted octanol–water partition coefficient (Wildman–Crippen LogP) is 3.80. The molecule has 0 aliphatic rings. The number of ether oxygens (including phenoxy) is 1. The van der Waals surface area contributed by atoms with Gasteiger partial charge in [-0.05, 0) is 55.4 Å². The SMILES string of the molecule is COc1cc(-c2c[nH]c3ncc(-c4cccc(NC(=O)C#CCN(C)C)c4)cc23)ccn1. The molecule has 1 amide bonds. The van der Waals surface area contributed by atoms with Gasteiger partial charge in [0, 0.05) is 46.9 Å². The minimum atomic E-state index is -0.336. The highest BCUT2D eigenvalue weighted by atomic mass is 16.5. The largest absolute Gasteiger partial charge is 0.481 e. The lowest BCUT2D eigenvalue weighted by molar-refractivity contribution is -0.111. The normalized spacial score (nSPS) is 10.6. The monoisotopic (exact) mass is 425 g/mol. The second-order valence-corrected chi connectivity index (χ2v) is 7.48. The van der Waals surface area contributed by atoms with Crippen LogP contribution in [0, 0.1) is 11.8 Å². The van der Waals surface area contributed by atoms with E-state index in [-0.39, 0.29) is 5.91 Å². The van der Waals surface area contributed by atoms with Crippen LogP contribution in [0.1, 0.15) is 0 Å². The molecule has 0 aliphatic carbocycles. The zero-order valence-corrected chi connectivity index (χ0v) is 18.1. The van der Waals surface area contributed by atoms with Crippen LogP contribution < -0.4 is 10.1 Å². The van der Waals surface area contributed by atoms with E-state index >= 15 is 0 Å². The molecule has 4 rings (SSSR count). The van der Waals surface area contributed by atoms with E-state index in [1.54, 1.807) is 13.3 Å². The van der Waals surface area contributed by atoms with Crippen LogP contribution in [0.4, 0.5) is 5.69 Å². The van der Waals surface area contributed by atoms with Crippen LogP contribution in [0.2, 0.25) is 0 Å². The summed E-state index contributed by atoms with van der Waals surface area (Å²) in [5.41, 5.74) is 5.35. The molecule has 2 N–H and O–H groups in total. The summed E-state index contributed by atoms with van der Waals surface area (Å²) >= 11 is 0. The first-order valence-corrected chi connectivity index (χ1v) is 10.1. The van der Waals surface area contributed by atoms with Crippen molar-refractivity contribution in [1.82, 2.24) is 19.9 Å². The second-order valence-electron chi connectivity index (χ2n) is 7.48. The van der Waals surface area contributed by atoms with Crippen LogP contribution in [-0.2, 0) is 4.79 Å². The predicted molar refractivity (Wildman–Crippen MR) is 126 cm³/mol. The number of pyridine rings is 2. The second kappa shape index (κ2) is 9.33. The Morgan fingerprint density at radius 3 is 2.81 bits per heavy atom. The van der Waals surface area contributed by atoms with Crippen molar-refractivity contribution in [3.63, 3.8) is 0 Å². The molecule has 0 fully saturated rings. The third kappa shape index (κ3) is 4.77. The maximum Gasteiger partial charge on any atom is 0.300 e. The van der Waals surface area contributed by atoms with Gasteiger partial charge in [-0.25, -0.2) is 9.97 Å². The third-order valence-corrected chi connectivity index (χ3v) is 4.84. The van der Waals surface area contributed by atoms with E-state index in [1.165, 1.54) is 0 Å². The topological polar surface area (TPSA) is 83.1 Å². The summed E-state index contributed by atoms with van der Waals surface area (Å²) in [6.07, 6.45) is 5.46. The summed E-state index contributed by atoms with van der Waals surface area (Å²) in [6.45, 7) is 0.529. The molecule has 0 unspecified atom stereocenters. The molecule has 0 saturated carbocycles. The number of hydrogen-bond acceptors (Lipinski definition) is 5. The third-order valence-electron chi connectivity index (χ3n) is 4.84. The Labute approximate surface area is 186 Å². The fourth-order valence-corrected chi connectivity index (χ4v) is 3.31. The molecule has 0 bridgehead atoms. The Kier molecular flexibility index (Phi) is 6.15. The summed E-state index contributed by atoms with van der Waals surface area (Å²) in [6, 6.07) is 13.5. The number of amides is 1. The van der Waals surface area contributed by atoms with Crippen molar-refractivity contribution in [1.29, 1.82) is 0 Å². The lowest BCUT2D eigenvalue weighted by Gasteiger charge is -2.07. The molecule has 7 heteroatoms.